The predicted octanol–water partition coefficient (Wildman–Crippen LogP) is 1.67. The zero-order valence-electron chi connectivity index (χ0n) is 12.2. The molecule has 2 aromatic rings. The Hall–Kier alpha value is -2.08. The first-order valence-electron chi connectivity index (χ1n) is 7.33. The van der Waals surface area contributed by atoms with Crippen molar-refractivity contribution in [2.24, 2.45) is 17.9 Å². The van der Waals surface area contributed by atoms with Crippen LogP contribution in [0.15, 0.2) is 29.4 Å². The highest BCUT2D eigenvalue weighted by Crippen LogP contribution is 2.23. The Morgan fingerprint density at radius 2 is 2.24 bits per heavy atom. The topological polar surface area (TPSA) is 79.7 Å². The summed E-state index contributed by atoms with van der Waals surface area (Å²) in [6.45, 7) is 1.67. The second-order valence-corrected chi connectivity index (χ2v) is 5.59. The maximum absolute atomic E-state index is 8.96. The molecule has 0 bridgehead atoms. The van der Waals surface area contributed by atoms with Crippen LogP contribution in [0.5, 0.6) is 0 Å². The van der Waals surface area contributed by atoms with Crippen molar-refractivity contribution < 1.29 is 5.21 Å². The molecule has 2 heterocycles. The van der Waals surface area contributed by atoms with E-state index in [9.17, 15) is 0 Å². The number of aryl methyl sites for hydroxylation is 1. The second kappa shape index (κ2) is 5.73. The summed E-state index contributed by atoms with van der Waals surface area (Å²) >= 11 is 0. The molecule has 1 fully saturated rings. The van der Waals surface area contributed by atoms with Gasteiger partial charge in [-0.3, -0.25) is 9.58 Å². The number of nitrogens with two attached hydrogens (primary N) is 1. The van der Waals surface area contributed by atoms with Gasteiger partial charge in [-0.15, -0.1) is 0 Å². The fraction of sp³-hybridized carbons (Fsp3) is 0.467. The number of rotatable bonds is 3. The second-order valence-electron chi connectivity index (χ2n) is 5.59. The molecule has 1 unspecified atom stereocenters. The Morgan fingerprint density at radius 3 is 3.05 bits per heavy atom. The molecule has 1 saturated heterocycles. The van der Waals surface area contributed by atoms with E-state index in [0.29, 0.717) is 5.84 Å². The maximum Gasteiger partial charge on any atom is 0.156 e. The number of fused-ring (bicyclic) bond motifs is 1. The highest BCUT2D eigenvalue weighted by molar-refractivity contribution is 5.85. The zero-order chi connectivity index (χ0) is 14.8. The van der Waals surface area contributed by atoms with Gasteiger partial charge < -0.3 is 10.9 Å². The number of piperidine rings is 1. The van der Waals surface area contributed by atoms with Crippen molar-refractivity contribution in [3.8, 4) is 0 Å². The average molecular weight is 287 g/mol. The first-order valence-corrected chi connectivity index (χ1v) is 7.33. The van der Waals surface area contributed by atoms with Crippen molar-refractivity contribution in [2.75, 3.05) is 6.54 Å². The van der Waals surface area contributed by atoms with Crippen molar-refractivity contribution in [3.63, 3.8) is 0 Å². The van der Waals surface area contributed by atoms with Gasteiger partial charge >= 0.3 is 0 Å². The molecular weight excluding hydrogens is 266 g/mol. The molecule has 6 heteroatoms. The van der Waals surface area contributed by atoms with Crippen LogP contribution >= 0.6 is 0 Å². The zero-order valence-corrected chi connectivity index (χ0v) is 12.2. The van der Waals surface area contributed by atoms with Crippen LogP contribution in [0.4, 0.5) is 0 Å². The first-order chi connectivity index (χ1) is 10.2. The van der Waals surface area contributed by atoms with Crippen LogP contribution in [0.1, 0.15) is 25.0 Å². The van der Waals surface area contributed by atoms with Crippen molar-refractivity contribution in [1.82, 2.24) is 14.7 Å². The van der Waals surface area contributed by atoms with Crippen molar-refractivity contribution in [2.45, 2.75) is 31.8 Å². The molecule has 1 aromatic carbocycles. The van der Waals surface area contributed by atoms with Gasteiger partial charge in [-0.05, 0) is 25.5 Å². The maximum atomic E-state index is 8.96. The monoisotopic (exact) mass is 287 g/mol. The molecule has 0 spiro atoms. The van der Waals surface area contributed by atoms with E-state index in [1.54, 1.807) is 0 Å². The molecule has 0 saturated carbocycles. The van der Waals surface area contributed by atoms with Gasteiger partial charge in [-0.25, -0.2) is 0 Å². The number of oxime groups is 1. The Balaban J connectivity index is 1.90. The molecule has 21 heavy (non-hydrogen) atoms. The summed E-state index contributed by atoms with van der Waals surface area (Å²) < 4.78 is 1.91. The number of nitrogens with zero attached hydrogens (tertiary/aromatic N) is 4. The van der Waals surface area contributed by atoms with Crippen LogP contribution in [-0.4, -0.2) is 38.3 Å². The normalized spacial score (nSPS) is 21.0. The third-order valence-electron chi connectivity index (χ3n) is 4.26. The van der Waals surface area contributed by atoms with Gasteiger partial charge in [-0.1, -0.05) is 29.8 Å². The minimum atomic E-state index is 0.00418. The molecule has 1 atom stereocenters. The Morgan fingerprint density at radius 1 is 1.43 bits per heavy atom. The highest BCUT2D eigenvalue weighted by Gasteiger charge is 2.27. The lowest BCUT2D eigenvalue weighted by atomic mass is 10.0. The third kappa shape index (κ3) is 2.58. The van der Waals surface area contributed by atoms with Crippen LogP contribution in [0, 0.1) is 0 Å². The minimum absolute atomic E-state index is 0.00418. The van der Waals surface area contributed by atoms with Gasteiger partial charge in [0, 0.05) is 19.0 Å². The van der Waals surface area contributed by atoms with Crippen LogP contribution in [0.2, 0.25) is 0 Å². The smallest absolute Gasteiger partial charge is 0.156 e. The van der Waals surface area contributed by atoms with Crippen LogP contribution < -0.4 is 5.73 Å². The lowest BCUT2D eigenvalue weighted by Gasteiger charge is -2.34. The van der Waals surface area contributed by atoms with Crippen molar-refractivity contribution >= 4 is 16.7 Å². The minimum Gasteiger partial charge on any atom is -0.409 e. The number of hydrogen-bond donors (Lipinski definition) is 2. The van der Waals surface area contributed by atoms with Gasteiger partial charge in [0.05, 0.1) is 17.3 Å². The molecule has 0 aliphatic carbocycles. The quantitative estimate of drug-likeness (QED) is 0.389. The van der Waals surface area contributed by atoms with E-state index in [1.807, 2.05) is 23.9 Å². The van der Waals surface area contributed by atoms with E-state index in [0.717, 1.165) is 43.6 Å². The van der Waals surface area contributed by atoms with Crippen LogP contribution in [-0.2, 0) is 13.6 Å². The van der Waals surface area contributed by atoms with Gasteiger partial charge in [0.25, 0.3) is 0 Å². The molecule has 1 aromatic heterocycles. The summed E-state index contributed by atoms with van der Waals surface area (Å²) in [7, 11) is 1.96. The fourth-order valence-corrected chi connectivity index (χ4v) is 3.18. The van der Waals surface area contributed by atoms with Crippen molar-refractivity contribution in [3.05, 3.63) is 30.0 Å². The molecule has 0 amide bonds. The average Bonchev–Trinajstić information content (AvgIpc) is 2.84. The summed E-state index contributed by atoms with van der Waals surface area (Å²) in [6, 6.07) is 8.23. The van der Waals surface area contributed by atoms with Crippen LogP contribution in [0.3, 0.4) is 0 Å². The molecule has 0 radical (unpaired) electrons. The highest BCUT2D eigenvalue weighted by atomic mass is 16.4. The summed E-state index contributed by atoms with van der Waals surface area (Å²) in [6.07, 6.45) is 3.18. The van der Waals surface area contributed by atoms with Crippen molar-refractivity contribution in [1.29, 1.82) is 0 Å². The van der Waals surface area contributed by atoms with E-state index in [2.05, 4.69) is 27.3 Å². The van der Waals surface area contributed by atoms with E-state index in [4.69, 9.17) is 10.9 Å². The molecule has 3 N–H and O–H groups in total. The Labute approximate surface area is 123 Å². The van der Waals surface area contributed by atoms with E-state index in [1.165, 1.54) is 5.39 Å². The Kier molecular flexibility index (Phi) is 3.79. The first kappa shape index (κ1) is 13.9. The van der Waals surface area contributed by atoms with E-state index >= 15 is 0 Å². The van der Waals surface area contributed by atoms with Gasteiger partial charge in [-0.2, -0.15) is 5.10 Å². The summed E-state index contributed by atoms with van der Waals surface area (Å²) in [5.74, 6) is 0.301. The number of amidine groups is 1. The number of hydrogen-bond acceptors (Lipinski definition) is 4. The van der Waals surface area contributed by atoms with E-state index < -0.39 is 0 Å². The molecule has 1 aliphatic heterocycles. The molecular formula is C15H21N5O. The van der Waals surface area contributed by atoms with E-state index in [-0.39, 0.29) is 6.04 Å². The standard InChI is InChI=1S/C15H21N5O/c1-19-13-7-3-2-6-11(13)12(17-19)10-20-9-5-4-8-14(20)15(16)18-21/h2-3,6-7,14,21H,4-5,8-10H2,1H3,(H2,16,18). The summed E-state index contributed by atoms with van der Waals surface area (Å²) in [5.41, 5.74) is 8.02. The molecule has 1 aliphatic rings. The number of para-hydroxylation sites is 1. The molecule has 6 nitrogen and oxygen atoms in total. The molecule has 3 rings (SSSR count). The molecule has 112 valence electrons. The van der Waals surface area contributed by atoms with Crippen LogP contribution in [0.25, 0.3) is 10.9 Å². The largest absolute Gasteiger partial charge is 0.409 e. The number of benzene rings is 1. The van der Waals surface area contributed by atoms with Gasteiger partial charge in [0.1, 0.15) is 0 Å². The Bertz CT molecular complexity index is 663. The number of aromatic nitrogens is 2. The summed E-state index contributed by atoms with van der Waals surface area (Å²) in [4.78, 5) is 2.26. The SMILES string of the molecule is Cn1nc(CN2CCCCC2C(N)=NO)c2ccccc21. The van der Waals surface area contributed by atoms with Gasteiger partial charge in [0.2, 0.25) is 0 Å². The lowest BCUT2D eigenvalue weighted by molar-refractivity contribution is 0.176. The number of likely N-dealkylation sites (tertiary alicyclic amines) is 1. The lowest BCUT2D eigenvalue weighted by Crippen LogP contribution is -2.47. The predicted molar refractivity (Wildman–Crippen MR) is 82.2 cm³/mol. The summed E-state index contributed by atoms with van der Waals surface area (Å²) in [5, 5.41) is 18.0. The van der Waals surface area contributed by atoms with Gasteiger partial charge in [0.15, 0.2) is 5.84 Å². The third-order valence-corrected chi connectivity index (χ3v) is 4.26. The fourth-order valence-electron chi connectivity index (χ4n) is 3.18.